The number of carbonyl (C=O) groups excluding carboxylic acids is 1. The van der Waals surface area contributed by atoms with Gasteiger partial charge in [0.25, 0.3) is 11.2 Å². The van der Waals surface area contributed by atoms with Crippen LogP contribution in [-0.4, -0.2) is 35.2 Å². The van der Waals surface area contributed by atoms with E-state index in [9.17, 15) is 19.7 Å². The van der Waals surface area contributed by atoms with Crippen molar-refractivity contribution in [1.29, 1.82) is 0 Å². The van der Waals surface area contributed by atoms with Crippen LogP contribution in [0.15, 0.2) is 41.2 Å². The third-order valence-electron chi connectivity index (χ3n) is 6.71. The van der Waals surface area contributed by atoms with E-state index in [1.807, 2.05) is 10.6 Å². The van der Waals surface area contributed by atoms with E-state index in [0.717, 1.165) is 23.4 Å². The summed E-state index contributed by atoms with van der Waals surface area (Å²) >= 11 is 0. The average Bonchev–Trinajstić information content (AvgIpc) is 2.73. The van der Waals surface area contributed by atoms with Crippen LogP contribution in [0.5, 0.6) is 0 Å². The predicted molar refractivity (Wildman–Crippen MR) is 105 cm³/mol. The Hall–Kier alpha value is -3.16. The molecule has 29 heavy (non-hydrogen) atoms. The van der Waals surface area contributed by atoms with Crippen molar-refractivity contribution in [2.75, 3.05) is 18.6 Å². The molecular weight excluding hydrogens is 374 g/mol. The second kappa shape index (κ2) is 6.43. The van der Waals surface area contributed by atoms with Crippen LogP contribution < -0.4 is 10.5 Å². The van der Waals surface area contributed by atoms with Crippen LogP contribution >= 0.6 is 0 Å². The quantitative estimate of drug-likeness (QED) is 0.439. The molecule has 150 valence electrons. The first-order valence-corrected chi connectivity index (χ1v) is 9.79. The lowest BCUT2D eigenvalue weighted by atomic mass is 9.70. The van der Waals surface area contributed by atoms with Gasteiger partial charge in [-0.1, -0.05) is 6.07 Å². The maximum Gasteiger partial charge on any atom is 0.311 e. The molecule has 4 atom stereocenters. The van der Waals surface area contributed by atoms with Crippen LogP contribution in [0, 0.1) is 22.0 Å². The predicted octanol–water partition coefficient (Wildman–Crippen LogP) is 2.09. The molecule has 3 aliphatic heterocycles. The summed E-state index contributed by atoms with van der Waals surface area (Å²) in [6, 6.07) is 10.2. The number of non-ortho nitro benzene ring substituents is 1. The van der Waals surface area contributed by atoms with Crippen molar-refractivity contribution in [3.8, 4) is 0 Å². The Morgan fingerprint density at radius 2 is 2.07 bits per heavy atom. The zero-order chi connectivity index (χ0) is 20.3. The fourth-order valence-electron chi connectivity index (χ4n) is 5.58. The van der Waals surface area contributed by atoms with Crippen LogP contribution in [0.3, 0.4) is 0 Å². The summed E-state index contributed by atoms with van der Waals surface area (Å²) < 4.78 is 6.94. The molecule has 0 amide bonds. The van der Waals surface area contributed by atoms with E-state index in [2.05, 4.69) is 4.90 Å². The SMILES string of the molecule is COC(=O)[C@@H]1Cc2cc([N+](=O)[O-])ccc2N2CC3CC(Cn4c3cccc4=O)[C@@H]12. The number of nitro groups is 1. The Morgan fingerprint density at radius 1 is 1.24 bits per heavy atom. The Balaban J connectivity index is 1.63. The van der Waals surface area contributed by atoms with Crippen molar-refractivity contribution in [3.63, 3.8) is 0 Å². The van der Waals surface area contributed by atoms with Gasteiger partial charge in [0, 0.05) is 54.6 Å². The number of esters is 1. The van der Waals surface area contributed by atoms with Crippen molar-refractivity contribution in [3.05, 3.63) is 68.1 Å². The first-order chi connectivity index (χ1) is 14.0. The van der Waals surface area contributed by atoms with E-state index in [0.29, 0.717) is 19.5 Å². The first-order valence-electron chi connectivity index (χ1n) is 9.79. The van der Waals surface area contributed by atoms with Gasteiger partial charge in [-0.3, -0.25) is 19.7 Å². The standard InChI is InChI=1S/C21H21N3O5/c1-29-21(26)16-9-12-8-15(24(27)28)5-6-18(12)23-10-13-7-14(20(16)23)11-22-17(13)3-2-4-19(22)25/h2-6,8,13-14,16,20H,7,9-11H2,1H3/t13?,14?,16-,20+/m1/s1. The van der Waals surface area contributed by atoms with Crippen LogP contribution in [-0.2, 0) is 22.5 Å². The van der Waals surface area contributed by atoms with Crippen LogP contribution in [0.25, 0.3) is 0 Å². The van der Waals surface area contributed by atoms with Gasteiger partial charge in [0.15, 0.2) is 0 Å². The van der Waals surface area contributed by atoms with Crippen LogP contribution in [0.4, 0.5) is 11.4 Å². The molecule has 4 heterocycles. The van der Waals surface area contributed by atoms with Gasteiger partial charge in [-0.05, 0) is 36.5 Å². The first kappa shape index (κ1) is 17.9. The number of piperidine rings is 1. The van der Waals surface area contributed by atoms with Gasteiger partial charge >= 0.3 is 5.97 Å². The van der Waals surface area contributed by atoms with E-state index < -0.39 is 10.8 Å². The summed E-state index contributed by atoms with van der Waals surface area (Å²) in [4.78, 5) is 38.1. The number of aromatic nitrogens is 1. The van der Waals surface area contributed by atoms with Crippen molar-refractivity contribution in [2.24, 2.45) is 11.8 Å². The molecule has 5 rings (SSSR count). The number of nitrogens with zero attached hydrogens (tertiary/aromatic N) is 3. The molecular formula is C21H21N3O5. The smallest absolute Gasteiger partial charge is 0.311 e. The average molecular weight is 395 g/mol. The number of hydrogen-bond acceptors (Lipinski definition) is 6. The van der Waals surface area contributed by atoms with Crippen LogP contribution in [0.1, 0.15) is 23.6 Å². The molecule has 0 spiro atoms. The maximum absolute atomic E-state index is 12.7. The molecule has 2 bridgehead atoms. The van der Waals surface area contributed by atoms with Gasteiger partial charge in [-0.25, -0.2) is 0 Å². The maximum atomic E-state index is 12.7. The Morgan fingerprint density at radius 3 is 2.83 bits per heavy atom. The van der Waals surface area contributed by atoms with Gasteiger partial charge in [-0.2, -0.15) is 0 Å². The molecule has 1 aromatic heterocycles. The second-order valence-electron chi connectivity index (χ2n) is 8.14. The molecule has 0 saturated carbocycles. The number of methoxy groups -OCH3 is 1. The number of ether oxygens (including phenoxy) is 1. The summed E-state index contributed by atoms with van der Waals surface area (Å²) in [7, 11) is 1.38. The highest BCUT2D eigenvalue weighted by atomic mass is 16.6. The molecule has 3 aliphatic rings. The zero-order valence-corrected chi connectivity index (χ0v) is 16.0. The van der Waals surface area contributed by atoms with Crippen molar-refractivity contribution >= 4 is 17.3 Å². The highest BCUT2D eigenvalue weighted by Gasteiger charge is 2.49. The Kier molecular flexibility index (Phi) is 3.97. The number of anilines is 1. The Bertz CT molecular complexity index is 1080. The van der Waals surface area contributed by atoms with Gasteiger partial charge < -0.3 is 14.2 Å². The highest BCUT2D eigenvalue weighted by molar-refractivity contribution is 5.77. The summed E-state index contributed by atoms with van der Waals surface area (Å²) in [5, 5.41) is 11.2. The lowest BCUT2D eigenvalue weighted by Gasteiger charge is -2.53. The minimum Gasteiger partial charge on any atom is -0.469 e. The van der Waals surface area contributed by atoms with Gasteiger partial charge in [0.1, 0.15) is 0 Å². The van der Waals surface area contributed by atoms with E-state index >= 15 is 0 Å². The fourth-order valence-corrected chi connectivity index (χ4v) is 5.58. The monoisotopic (exact) mass is 395 g/mol. The number of hydrogen-bond donors (Lipinski definition) is 0. The number of nitro benzene ring substituents is 1. The number of rotatable bonds is 2. The van der Waals surface area contributed by atoms with Crippen LogP contribution in [0.2, 0.25) is 0 Å². The lowest BCUT2D eigenvalue weighted by molar-refractivity contribution is -0.384. The molecule has 1 saturated heterocycles. The third-order valence-corrected chi connectivity index (χ3v) is 6.71. The molecule has 1 aromatic carbocycles. The largest absolute Gasteiger partial charge is 0.469 e. The fraction of sp³-hybridized carbons (Fsp3) is 0.429. The van der Waals surface area contributed by atoms with E-state index in [1.165, 1.54) is 13.2 Å². The van der Waals surface area contributed by atoms with Crippen molar-refractivity contribution in [1.82, 2.24) is 4.57 Å². The number of fused-ring (bicyclic) bond motifs is 8. The second-order valence-corrected chi connectivity index (χ2v) is 8.14. The normalized spacial score (nSPS) is 26.7. The summed E-state index contributed by atoms with van der Waals surface area (Å²) in [6.07, 6.45) is 1.32. The van der Waals surface area contributed by atoms with E-state index in [4.69, 9.17) is 4.74 Å². The number of carbonyl (C=O) groups is 1. The molecule has 0 N–H and O–H groups in total. The zero-order valence-electron chi connectivity index (χ0n) is 16.0. The van der Waals surface area contributed by atoms with E-state index in [1.54, 1.807) is 24.3 Å². The summed E-state index contributed by atoms with van der Waals surface area (Å²) in [6.45, 7) is 1.24. The third kappa shape index (κ3) is 2.66. The summed E-state index contributed by atoms with van der Waals surface area (Å²) in [5.41, 5.74) is 2.79. The number of benzene rings is 1. The summed E-state index contributed by atoms with van der Waals surface area (Å²) in [5.74, 6) is -0.407. The molecule has 1 fully saturated rings. The minimum atomic E-state index is -0.415. The molecule has 8 nitrogen and oxygen atoms in total. The Labute approximate surface area is 166 Å². The molecule has 2 aromatic rings. The minimum absolute atomic E-state index is 0.00731. The lowest BCUT2D eigenvalue weighted by Crippen LogP contribution is -2.60. The molecule has 0 aliphatic carbocycles. The van der Waals surface area contributed by atoms with Gasteiger partial charge in [0.2, 0.25) is 0 Å². The van der Waals surface area contributed by atoms with Crippen molar-refractivity contribution in [2.45, 2.75) is 31.3 Å². The van der Waals surface area contributed by atoms with Gasteiger partial charge in [0.05, 0.1) is 18.0 Å². The number of pyridine rings is 1. The molecule has 0 radical (unpaired) electrons. The van der Waals surface area contributed by atoms with E-state index in [-0.39, 0.29) is 35.1 Å². The topological polar surface area (TPSA) is 94.7 Å². The molecule has 2 unspecified atom stereocenters. The van der Waals surface area contributed by atoms with Crippen molar-refractivity contribution < 1.29 is 14.5 Å². The van der Waals surface area contributed by atoms with Gasteiger partial charge in [-0.15, -0.1) is 0 Å². The molecule has 8 heteroatoms. The highest BCUT2D eigenvalue weighted by Crippen LogP contribution is 2.47.